The highest BCUT2D eigenvalue weighted by molar-refractivity contribution is 5.74. The van der Waals surface area contributed by atoms with Crippen molar-refractivity contribution >= 4 is 5.69 Å². The van der Waals surface area contributed by atoms with Gasteiger partial charge in [0, 0.05) is 22.3 Å². The summed E-state index contributed by atoms with van der Waals surface area (Å²) in [6, 6.07) is 14.0. The summed E-state index contributed by atoms with van der Waals surface area (Å²) in [4.78, 5) is 0. The first-order valence-corrected chi connectivity index (χ1v) is 8.03. The van der Waals surface area contributed by atoms with Crippen molar-refractivity contribution in [3.63, 3.8) is 0 Å². The normalized spacial score (nSPS) is 12.3. The van der Waals surface area contributed by atoms with Crippen LogP contribution in [0.3, 0.4) is 0 Å². The van der Waals surface area contributed by atoms with E-state index in [-0.39, 0.29) is 11.1 Å². The third-order valence-corrected chi connectivity index (χ3v) is 4.04. The Morgan fingerprint density at radius 1 is 0.913 bits per heavy atom. The van der Waals surface area contributed by atoms with Crippen LogP contribution >= 0.6 is 0 Å². The summed E-state index contributed by atoms with van der Waals surface area (Å²) in [6.45, 7) is 10.6. The number of benzene rings is 2. The van der Waals surface area contributed by atoms with E-state index in [4.69, 9.17) is 0 Å². The lowest BCUT2D eigenvalue weighted by atomic mass is 9.91. The summed E-state index contributed by atoms with van der Waals surface area (Å²) in [6.07, 6.45) is 0. The van der Waals surface area contributed by atoms with Crippen molar-refractivity contribution in [1.29, 1.82) is 0 Å². The molecule has 0 saturated heterocycles. The van der Waals surface area contributed by atoms with Crippen LogP contribution in [0, 0.1) is 0 Å². The van der Waals surface area contributed by atoms with Gasteiger partial charge < -0.3 is 15.7 Å². The molecule has 3 heteroatoms. The van der Waals surface area contributed by atoms with Crippen molar-refractivity contribution in [2.24, 2.45) is 0 Å². The van der Waals surface area contributed by atoms with Gasteiger partial charge in [0.2, 0.25) is 0 Å². The van der Waals surface area contributed by atoms with E-state index in [1.165, 1.54) is 0 Å². The zero-order valence-corrected chi connectivity index (χ0v) is 15.0. The molecule has 0 spiro atoms. The molecule has 0 unspecified atom stereocenters. The average molecular weight is 312 g/mol. The monoisotopic (exact) mass is 312 g/mol. The van der Waals surface area contributed by atoms with Crippen molar-refractivity contribution < 1.29 is 5.11 Å². The van der Waals surface area contributed by atoms with Crippen LogP contribution in [0.1, 0.15) is 40.2 Å². The molecule has 2 aromatic rings. The molecule has 0 saturated carbocycles. The lowest BCUT2D eigenvalue weighted by Gasteiger charge is -2.26. The van der Waals surface area contributed by atoms with Gasteiger partial charge in [-0.05, 0) is 77.1 Å². The quantitative estimate of drug-likeness (QED) is 0.765. The summed E-state index contributed by atoms with van der Waals surface area (Å²) in [5, 5.41) is 17.1. The van der Waals surface area contributed by atoms with E-state index in [1.807, 2.05) is 31.3 Å². The van der Waals surface area contributed by atoms with Crippen molar-refractivity contribution in [3.05, 3.63) is 48.0 Å². The maximum atomic E-state index is 10.3. The van der Waals surface area contributed by atoms with Crippen LogP contribution < -0.4 is 10.6 Å². The Hall–Kier alpha value is -2.00. The Kier molecular flexibility index (Phi) is 4.71. The van der Waals surface area contributed by atoms with Crippen LogP contribution in [-0.2, 0) is 5.54 Å². The third kappa shape index (κ3) is 4.26. The fourth-order valence-electron chi connectivity index (χ4n) is 2.50. The summed E-state index contributed by atoms with van der Waals surface area (Å²) >= 11 is 0. The van der Waals surface area contributed by atoms with E-state index < -0.39 is 0 Å². The molecule has 124 valence electrons. The predicted octanol–water partition coefficient (Wildman–Crippen LogP) is 4.72. The van der Waals surface area contributed by atoms with Gasteiger partial charge in [0.05, 0.1) is 0 Å². The molecule has 0 fully saturated rings. The second kappa shape index (κ2) is 6.25. The minimum absolute atomic E-state index is 0.00334. The fraction of sp³-hybridized carbons (Fsp3) is 0.400. The first-order valence-electron chi connectivity index (χ1n) is 8.03. The van der Waals surface area contributed by atoms with Gasteiger partial charge in [-0.15, -0.1) is 0 Å². The van der Waals surface area contributed by atoms with E-state index in [2.05, 4.69) is 57.4 Å². The zero-order chi connectivity index (χ0) is 17.3. The van der Waals surface area contributed by atoms with Crippen LogP contribution in [0.4, 0.5) is 5.69 Å². The van der Waals surface area contributed by atoms with E-state index in [0.717, 1.165) is 22.4 Å². The molecular weight excluding hydrogens is 284 g/mol. The van der Waals surface area contributed by atoms with Crippen LogP contribution in [0.2, 0.25) is 0 Å². The molecule has 23 heavy (non-hydrogen) atoms. The highest BCUT2D eigenvalue weighted by atomic mass is 16.3. The number of nitrogens with one attached hydrogen (secondary N) is 2. The number of phenolic OH excluding ortho intramolecular Hbond substituents is 1. The molecule has 0 aliphatic heterocycles. The minimum Gasteiger partial charge on any atom is -0.507 e. The van der Waals surface area contributed by atoms with Crippen molar-refractivity contribution in [1.82, 2.24) is 5.32 Å². The predicted molar refractivity (Wildman–Crippen MR) is 99.0 cm³/mol. The smallest absolute Gasteiger partial charge is 0.123 e. The van der Waals surface area contributed by atoms with Gasteiger partial charge in [0.1, 0.15) is 5.75 Å². The Morgan fingerprint density at radius 3 is 2.22 bits per heavy atom. The largest absolute Gasteiger partial charge is 0.507 e. The average Bonchev–Trinajstić information content (AvgIpc) is 2.46. The van der Waals surface area contributed by atoms with Crippen LogP contribution in [0.15, 0.2) is 42.5 Å². The van der Waals surface area contributed by atoms with Crippen molar-refractivity contribution in [2.75, 3.05) is 12.4 Å². The van der Waals surface area contributed by atoms with Gasteiger partial charge in [-0.25, -0.2) is 0 Å². The molecule has 0 radical (unpaired) electrons. The first kappa shape index (κ1) is 17.4. The summed E-state index contributed by atoms with van der Waals surface area (Å²) in [7, 11) is 1.94. The maximum absolute atomic E-state index is 10.3. The van der Waals surface area contributed by atoms with Gasteiger partial charge in [-0.3, -0.25) is 0 Å². The Balaban J connectivity index is 2.46. The Morgan fingerprint density at radius 2 is 1.61 bits per heavy atom. The number of hydrogen-bond donors (Lipinski definition) is 3. The molecule has 2 aromatic carbocycles. The molecule has 0 amide bonds. The van der Waals surface area contributed by atoms with Gasteiger partial charge >= 0.3 is 0 Å². The maximum Gasteiger partial charge on any atom is 0.123 e. The second-order valence-corrected chi connectivity index (χ2v) is 7.56. The molecule has 2 rings (SSSR count). The number of hydrogen-bond acceptors (Lipinski definition) is 3. The second-order valence-electron chi connectivity index (χ2n) is 7.56. The van der Waals surface area contributed by atoms with Gasteiger partial charge in [0.25, 0.3) is 0 Å². The highest BCUT2D eigenvalue weighted by Crippen LogP contribution is 2.34. The highest BCUT2D eigenvalue weighted by Gasteiger charge is 2.19. The third-order valence-electron chi connectivity index (χ3n) is 4.04. The van der Waals surface area contributed by atoms with E-state index >= 15 is 0 Å². The molecule has 0 bridgehead atoms. The number of rotatable bonds is 4. The number of anilines is 1. The molecule has 3 nitrogen and oxygen atoms in total. The summed E-state index contributed by atoms with van der Waals surface area (Å²) in [5.41, 5.74) is 3.89. The van der Waals surface area contributed by atoms with E-state index in [1.54, 1.807) is 6.07 Å². The molecule has 3 N–H and O–H groups in total. The van der Waals surface area contributed by atoms with Gasteiger partial charge in [0.15, 0.2) is 0 Å². The lowest BCUT2D eigenvalue weighted by molar-refractivity contribution is 0.442. The Bertz CT molecular complexity index is 684. The van der Waals surface area contributed by atoms with Crippen LogP contribution in [0.25, 0.3) is 11.1 Å². The molecule has 0 aromatic heterocycles. The van der Waals surface area contributed by atoms with Gasteiger partial charge in [-0.2, -0.15) is 0 Å². The standard InChI is InChI=1S/C20H28N2O/c1-19(2,3)22-16-9-7-8-14(12-16)17-13-15(10-11-18(17)23)20(4,5)21-6/h7-13,21-23H,1-6H3. The topological polar surface area (TPSA) is 44.3 Å². The molecular formula is C20H28N2O. The van der Waals surface area contributed by atoms with Crippen LogP contribution in [-0.4, -0.2) is 17.7 Å². The number of aromatic hydroxyl groups is 1. The molecule has 0 aliphatic carbocycles. The Labute approximate surface area is 139 Å². The van der Waals surface area contributed by atoms with Gasteiger partial charge in [-0.1, -0.05) is 18.2 Å². The van der Waals surface area contributed by atoms with Crippen LogP contribution in [0.5, 0.6) is 5.75 Å². The van der Waals surface area contributed by atoms with Crippen molar-refractivity contribution in [3.8, 4) is 16.9 Å². The fourth-order valence-corrected chi connectivity index (χ4v) is 2.50. The van der Waals surface area contributed by atoms with E-state index in [0.29, 0.717) is 5.75 Å². The number of phenols is 1. The summed E-state index contributed by atoms with van der Waals surface area (Å²) < 4.78 is 0. The minimum atomic E-state index is -0.149. The van der Waals surface area contributed by atoms with Crippen molar-refractivity contribution in [2.45, 2.75) is 45.7 Å². The molecule has 0 atom stereocenters. The summed E-state index contributed by atoms with van der Waals surface area (Å²) in [5.74, 6) is 0.300. The molecule has 0 aliphatic rings. The lowest BCUT2D eigenvalue weighted by Crippen LogP contribution is -2.33. The zero-order valence-electron chi connectivity index (χ0n) is 15.0. The first-order chi connectivity index (χ1) is 10.6. The molecule has 0 heterocycles. The van der Waals surface area contributed by atoms with E-state index in [9.17, 15) is 5.11 Å². The SMILES string of the molecule is CNC(C)(C)c1ccc(O)c(-c2cccc(NC(C)(C)C)c2)c1.